The Bertz CT molecular complexity index is 1250. The Kier molecular flexibility index (Phi) is 6.72. The van der Waals surface area contributed by atoms with Crippen LogP contribution in [0.3, 0.4) is 0 Å². The molecule has 1 aliphatic rings. The Morgan fingerprint density at radius 1 is 1.14 bits per heavy atom. The number of carboxylic acids is 1. The standard InChI is InChI=1S/C25H23F3N4O3/c1-15(17-8-10-19(11-9-17)24(34)35)29-23(33)22-21(18-4-2-3-5-18)30-31-32(22)14-16-6-12-20(13-7-16)25(26,27)28/h2,4,6-13,15,18H,3,5,14H2,1H3,(H,29,33)(H,34,35). The maximum absolute atomic E-state index is 13.4. The molecular formula is C25H23F3N4O3. The fourth-order valence-corrected chi connectivity index (χ4v) is 4.02. The second-order valence-electron chi connectivity index (χ2n) is 8.41. The third-order valence-electron chi connectivity index (χ3n) is 5.96. The van der Waals surface area contributed by atoms with E-state index in [0.717, 1.165) is 25.0 Å². The molecule has 0 fully saturated rings. The van der Waals surface area contributed by atoms with Gasteiger partial charge in [0.15, 0.2) is 5.69 Å². The molecule has 1 aromatic heterocycles. The minimum Gasteiger partial charge on any atom is -0.478 e. The number of aromatic carboxylic acids is 1. The van der Waals surface area contributed by atoms with Crippen LogP contribution in [0.4, 0.5) is 13.2 Å². The lowest BCUT2D eigenvalue weighted by Gasteiger charge is -2.17. The maximum atomic E-state index is 13.4. The summed E-state index contributed by atoms with van der Waals surface area (Å²) in [6, 6.07) is 10.5. The van der Waals surface area contributed by atoms with E-state index < -0.39 is 29.7 Å². The van der Waals surface area contributed by atoms with Crippen molar-refractivity contribution in [1.29, 1.82) is 0 Å². The summed E-state index contributed by atoms with van der Waals surface area (Å²) in [7, 11) is 0. The van der Waals surface area contributed by atoms with Gasteiger partial charge in [0, 0.05) is 5.92 Å². The molecule has 4 rings (SSSR count). The fourth-order valence-electron chi connectivity index (χ4n) is 4.02. The minimum absolute atomic E-state index is 0.0754. The van der Waals surface area contributed by atoms with Crippen LogP contribution in [0.2, 0.25) is 0 Å². The molecule has 1 heterocycles. The minimum atomic E-state index is -4.43. The molecule has 0 saturated carbocycles. The monoisotopic (exact) mass is 484 g/mol. The predicted molar refractivity (Wildman–Crippen MR) is 121 cm³/mol. The third kappa shape index (κ3) is 5.42. The molecule has 2 atom stereocenters. The zero-order valence-corrected chi connectivity index (χ0v) is 18.8. The molecule has 35 heavy (non-hydrogen) atoms. The van der Waals surface area contributed by atoms with Gasteiger partial charge in [0.1, 0.15) is 5.69 Å². The highest BCUT2D eigenvalue weighted by atomic mass is 19.4. The van der Waals surface area contributed by atoms with E-state index >= 15 is 0 Å². The van der Waals surface area contributed by atoms with Crippen molar-refractivity contribution in [2.45, 2.75) is 44.4 Å². The first-order valence-electron chi connectivity index (χ1n) is 11.0. The van der Waals surface area contributed by atoms with Crippen LogP contribution in [0, 0.1) is 0 Å². The summed E-state index contributed by atoms with van der Waals surface area (Å²) in [6.07, 6.45) is 1.18. The van der Waals surface area contributed by atoms with Gasteiger partial charge in [0.2, 0.25) is 0 Å². The number of hydrogen-bond donors (Lipinski definition) is 2. The number of amides is 1. The first kappa shape index (κ1) is 24.2. The van der Waals surface area contributed by atoms with Crippen molar-refractivity contribution in [3.63, 3.8) is 0 Å². The topological polar surface area (TPSA) is 97.1 Å². The van der Waals surface area contributed by atoms with Crippen LogP contribution in [0.25, 0.3) is 0 Å². The molecule has 2 N–H and O–H groups in total. The second kappa shape index (κ2) is 9.73. The van der Waals surface area contributed by atoms with Gasteiger partial charge in [-0.2, -0.15) is 13.2 Å². The Balaban J connectivity index is 1.59. The number of allylic oxidation sites excluding steroid dienone is 2. The highest BCUT2D eigenvalue weighted by molar-refractivity contribution is 5.94. The molecule has 1 amide bonds. The maximum Gasteiger partial charge on any atom is 0.416 e. The molecule has 2 unspecified atom stereocenters. The van der Waals surface area contributed by atoms with Crippen LogP contribution in [-0.4, -0.2) is 32.0 Å². The van der Waals surface area contributed by atoms with Crippen molar-refractivity contribution in [3.05, 3.63) is 94.3 Å². The number of carboxylic acid groups (broad SMARTS) is 1. The van der Waals surface area contributed by atoms with Gasteiger partial charge in [0.25, 0.3) is 5.91 Å². The summed E-state index contributed by atoms with van der Waals surface area (Å²) in [4.78, 5) is 24.4. The van der Waals surface area contributed by atoms with Gasteiger partial charge >= 0.3 is 12.1 Å². The number of nitrogens with one attached hydrogen (secondary N) is 1. The van der Waals surface area contributed by atoms with Gasteiger partial charge in [-0.1, -0.05) is 41.6 Å². The predicted octanol–water partition coefficient (Wildman–Crippen LogP) is 4.97. The van der Waals surface area contributed by atoms with E-state index in [1.807, 2.05) is 12.2 Å². The first-order chi connectivity index (χ1) is 16.6. The third-order valence-corrected chi connectivity index (χ3v) is 5.96. The fraction of sp³-hybridized carbons (Fsp3) is 0.280. The summed E-state index contributed by atoms with van der Waals surface area (Å²) in [5.74, 6) is -1.55. The summed E-state index contributed by atoms with van der Waals surface area (Å²) in [6.45, 7) is 1.85. The normalized spacial score (nSPS) is 16.3. The first-order valence-corrected chi connectivity index (χ1v) is 11.0. The summed E-state index contributed by atoms with van der Waals surface area (Å²) >= 11 is 0. The van der Waals surface area contributed by atoms with E-state index in [-0.39, 0.29) is 23.7 Å². The van der Waals surface area contributed by atoms with E-state index in [4.69, 9.17) is 5.11 Å². The van der Waals surface area contributed by atoms with Crippen LogP contribution in [0.1, 0.15) is 75.0 Å². The van der Waals surface area contributed by atoms with Gasteiger partial charge in [-0.15, -0.1) is 5.10 Å². The summed E-state index contributed by atoms with van der Waals surface area (Å²) in [5.41, 5.74) is 1.40. The molecule has 0 aliphatic heterocycles. The number of halogens is 3. The van der Waals surface area contributed by atoms with Crippen molar-refractivity contribution in [1.82, 2.24) is 20.3 Å². The molecule has 7 nitrogen and oxygen atoms in total. The molecule has 0 saturated heterocycles. The molecule has 2 aromatic carbocycles. The quantitative estimate of drug-likeness (QED) is 0.462. The van der Waals surface area contributed by atoms with E-state index in [0.29, 0.717) is 16.8 Å². The molecule has 182 valence electrons. The Morgan fingerprint density at radius 2 is 1.83 bits per heavy atom. The van der Waals surface area contributed by atoms with Crippen LogP contribution in [0.15, 0.2) is 60.7 Å². The number of aromatic nitrogens is 3. The molecule has 1 aliphatic carbocycles. The Morgan fingerprint density at radius 3 is 2.40 bits per heavy atom. The van der Waals surface area contributed by atoms with Crippen LogP contribution in [0.5, 0.6) is 0 Å². The number of alkyl halides is 3. The number of nitrogens with zero attached hydrogens (tertiary/aromatic N) is 3. The van der Waals surface area contributed by atoms with E-state index in [2.05, 4.69) is 15.6 Å². The van der Waals surface area contributed by atoms with Gasteiger partial charge in [-0.25, -0.2) is 9.48 Å². The van der Waals surface area contributed by atoms with E-state index in [1.54, 1.807) is 19.1 Å². The van der Waals surface area contributed by atoms with Gasteiger partial charge in [-0.05, 0) is 55.2 Å². The molecule has 10 heteroatoms. The molecule has 0 spiro atoms. The van der Waals surface area contributed by atoms with Crippen molar-refractivity contribution < 1.29 is 27.9 Å². The SMILES string of the molecule is CC(NC(=O)c1c(C2C=CCC2)nnn1Cc1ccc(C(F)(F)F)cc1)c1ccc(C(=O)O)cc1. The van der Waals surface area contributed by atoms with Crippen molar-refractivity contribution >= 4 is 11.9 Å². The summed E-state index contributed by atoms with van der Waals surface area (Å²) in [5, 5.41) is 20.4. The number of carbonyl (C=O) groups is 2. The Hall–Kier alpha value is -3.95. The lowest BCUT2D eigenvalue weighted by atomic mass is 10.0. The lowest BCUT2D eigenvalue weighted by molar-refractivity contribution is -0.137. The molecule has 3 aromatic rings. The average molecular weight is 484 g/mol. The highest BCUT2D eigenvalue weighted by Crippen LogP contribution is 2.31. The zero-order chi connectivity index (χ0) is 25.2. The van der Waals surface area contributed by atoms with Crippen molar-refractivity contribution in [3.8, 4) is 0 Å². The van der Waals surface area contributed by atoms with Gasteiger partial charge < -0.3 is 10.4 Å². The smallest absolute Gasteiger partial charge is 0.416 e. The number of benzene rings is 2. The van der Waals surface area contributed by atoms with Crippen LogP contribution >= 0.6 is 0 Å². The van der Waals surface area contributed by atoms with E-state index in [1.165, 1.54) is 28.9 Å². The van der Waals surface area contributed by atoms with Gasteiger partial charge in [-0.3, -0.25) is 4.79 Å². The van der Waals surface area contributed by atoms with Crippen molar-refractivity contribution in [2.75, 3.05) is 0 Å². The second-order valence-corrected chi connectivity index (χ2v) is 8.41. The van der Waals surface area contributed by atoms with E-state index in [9.17, 15) is 22.8 Å². The highest BCUT2D eigenvalue weighted by Gasteiger charge is 2.30. The number of rotatable bonds is 7. The molecule has 0 bridgehead atoms. The number of carbonyl (C=O) groups excluding carboxylic acids is 1. The van der Waals surface area contributed by atoms with Crippen LogP contribution < -0.4 is 5.32 Å². The van der Waals surface area contributed by atoms with Crippen LogP contribution in [-0.2, 0) is 12.7 Å². The van der Waals surface area contributed by atoms with Gasteiger partial charge in [0.05, 0.1) is 23.7 Å². The largest absolute Gasteiger partial charge is 0.478 e. The molecule has 0 radical (unpaired) electrons. The Labute approximate surface area is 199 Å². The lowest BCUT2D eigenvalue weighted by Crippen LogP contribution is -2.30. The zero-order valence-electron chi connectivity index (χ0n) is 18.8. The summed E-state index contributed by atoms with van der Waals surface area (Å²) < 4.78 is 40.1. The van der Waals surface area contributed by atoms with Crippen molar-refractivity contribution in [2.24, 2.45) is 0 Å². The average Bonchev–Trinajstić information content (AvgIpc) is 3.49. The number of hydrogen-bond acceptors (Lipinski definition) is 4. The molecular weight excluding hydrogens is 461 g/mol.